The second-order valence-electron chi connectivity index (χ2n) is 6.18. The Morgan fingerprint density at radius 3 is 2.74 bits per heavy atom. The first kappa shape index (κ1) is 14.8. The minimum atomic E-state index is 0.0721. The molecule has 2 saturated heterocycles. The molecule has 2 aliphatic rings. The number of nitrogens with one attached hydrogen (secondary N) is 1. The first-order valence-electron chi connectivity index (χ1n) is 7.87. The minimum Gasteiger partial charge on any atom is -0.344 e. The van der Waals surface area contributed by atoms with Crippen molar-refractivity contribution < 1.29 is 4.79 Å². The highest BCUT2D eigenvalue weighted by molar-refractivity contribution is 5.81. The van der Waals surface area contributed by atoms with E-state index in [1.807, 2.05) is 11.9 Å². The maximum atomic E-state index is 12.3. The number of likely N-dealkylation sites (tertiary alicyclic amines) is 1. The summed E-state index contributed by atoms with van der Waals surface area (Å²) in [5.74, 6) is 0.290. The van der Waals surface area contributed by atoms with Gasteiger partial charge in [0.1, 0.15) is 0 Å². The third-order valence-corrected chi connectivity index (χ3v) is 4.70. The predicted octanol–water partition coefficient (Wildman–Crippen LogP) is 1.46. The molecule has 2 unspecified atom stereocenters. The van der Waals surface area contributed by atoms with Crippen molar-refractivity contribution in [3.63, 3.8) is 0 Å². The van der Waals surface area contributed by atoms with E-state index >= 15 is 0 Å². The van der Waals surface area contributed by atoms with E-state index in [4.69, 9.17) is 0 Å². The van der Waals surface area contributed by atoms with Crippen LogP contribution >= 0.6 is 0 Å². The topological polar surface area (TPSA) is 35.6 Å². The summed E-state index contributed by atoms with van der Waals surface area (Å²) in [7, 11) is 4.18. The fraction of sp³-hybridized carbons (Fsp3) is 0.933. The number of hydrogen-bond acceptors (Lipinski definition) is 3. The number of carbonyl (C=O) groups is 1. The van der Waals surface area contributed by atoms with Crippen molar-refractivity contribution in [2.75, 3.05) is 33.7 Å². The number of rotatable bonds is 4. The molecule has 2 heterocycles. The first-order valence-corrected chi connectivity index (χ1v) is 7.87. The summed E-state index contributed by atoms with van der Waals surface area (Å²) in [6.45, 7) is 3.11. The van der Waals surface area contributed by atoms with E-state index in [-0.39, 0.29) is 11.9 Å². The molecule has 2 atom stereocenters. The summed E-state index contributed by atoms with van der Waals surface area (Å²) < 4.78 is 0. The fourth-order valence-corrected chi connectivity index (χ4v) is 3.29. The molecule has 1 amide bonds. The molecule has 0 aromatic heterocycles. The van der Waals surface area contributed by atoms with Crippen molar-refractivity contribution in [1.82, 2.24) is 15.1 Å². The van der Waals surface area contributed by atoms with E-state index in [0.717, 1.165) is 25.9 Å². The van der Waals surface area contributed by atoms with E-state index in [1.165, 1.54) is 38.6 Å². The van der Waals surface area contributed by atoms with E-state index in [0.29, 0.717) is 6.04 Å². The van der Waals surface area contributed by atoms with Gasteiger partial charge >= 0.3 is 0 Å². The number of nitrogens with zero attached hydrogens (tertiary/aromatic N) is 2. The van der Waals surface area contributed by atoms with Gasteiger partial charge in [-0.25, -0.2) is 0 Å². The van der Waals surface area contributed by atoms with Crippen molar-refractivity contribution in [3.05, 3.63) is 0 Å². The highest BCUT2D eigenvalue weighted by atomic mass is 16.2. The molecule has 19 heavy (non-hydrogen) atoms. The maximum Gasteiger partial charge on any atom is 0.239 e. The molecule has 0 saturated carbocycles. The number of piperidine rings is 2. The Labute approximate surface area is 117 Å². The summed E-state index contributed by atoms with van der Waals surface area (Å²) in [6.07, 6.45) is 8.48. The van der Waals surface area contributed by atoms with Crippen LogP contribution in [0.25, 0.3) is 0 Å². The maximum absolute atomic E-state index is 12.3. The fourth-order valence-electron chi connectivity index (χ4n) is 3.29. The summed E-state index contributed by atoms with van der Waals surface area (Å²) in [6, 6.07) is 0.742. The van der Waals surface area contributed by atoms with E-state index in [1.54, 1.807) is 0 Å². The Hall–Kier alpha value is -0.610. The highest BCUT2D eigenvalue weighted by Gasteiger charge is 2.25. The molecule has 2 fully saturated rings. The molecule has 1 N–H and O–H groups in total. The smallest absolute Gasteiger partial charge is 0.239 e. The molecule has 0 bridgehead atoms. The van der Waals surface area contributed by atoms with E-state index in [2.05, 4.69) is 17.3 Å². The minimum absolute atomic E-state index is 0.0721. The van der Waals surface area contributed by atoms with Crippen LogP contribution in [0.15, 0.2) is 0 Å². The quantitative estimate of drug-likeness (QED) is 0.837. The monoisotopic (exact) mass is 267 g/mol. The van der Waals surface area contributed by atoms with Crippen molar-refractivity contribution in [2.45, 2.75) is 57.0 Å². The first-order chi connectivity index (χ1) is 9.18. The van der Waals surface area contributed by atoms with Crippen LogP contribution in [0, 0.1) is 0 Å². The number of likely N-dealkylation sites (N-methyl/N-ethyl adjacent to an activating group) is 1. The third-order valence-electron chi connectivity index (χ3n) is 4.70. The van der Waals surface area contributed by atoms with Crippen LogP contribution in [0.3, 0.4) is 0 Å². The lowest BCUT2D eigenvalue weighted by molar-refractivity contribution is -0.132. The predicted molar refractivity (Wildman–Crippen MR) is 78.2 cm³/mol. The average molecular weight is 267 g/mol. The highest BCUT2D eigenvalue weighted by Crippen LogP contribution is 2.18. The zero-order valence-electron chi connectivity index (χ0n) is 12.5. The summed E-state index contributed by atoms with van der Waals surface area (Å²) >= 11 is 0. The van der Waals surface area contributed by atoms with Crippen LogP contribution in [0.1, 0.15) is 44.9 Å². The van der Waals surface area contributed by atoms with Crippen molar-refractivity contribution >= 4 is 5.91 Å². The Bertz CT molecular complexity index is 289. The second kappa shape index (κ2) is 7.25. The molecule has 0 aromatic rings. The second-order valence-corrected chi connectivity index (χ2v) is 6.18. The summed E-state index contributed by atoms with van der Waals surface area (Å²) in [5.41, 5.74) is 0. The molecule has 2 rings (SSSR count). The van der Waals surface area contributed by atoms with E-state index < -0.39 is 0 Å². The average Bonchev–Trinajstić information content (AvgIpc) is 2.46. The van der Waals surface area contributed by atoms with Gasteiger partial charge in [0, 0.05) is 19.6 Å². The van der Waals surface area contributed by atoms with Gasteiger partial charge in [0.15, 0.2) is 0 Å². The van der Waals surface area contributed by atoms with Gasteiger partial charge in [0.05, 0.1) is 6.04 Å². The molecule has 0 aliphatic carbocycles. The molecule has 4 nitrogen and oxygen atoms in total. The van der Waals surface area contributed by atoms with Crippen molar-refractivity contribution in [3.8, 4) is 0 Å². The number of carbonyl (C=O) groups excluding carboxylic acids is 1. The van der Waals surface area contributed by atoms with Gasteiger partial charge in [-0.2, -0.15) is 0 Å². The standard InChI is InChI=1S/C15H29N3O/c1-17-11-6-4-7-13(17)9-12-18(2)15(19)14-8-3-5-10-16-14/h13-14,16H,3-12H2,1-2H3. The number of hydrogen-bond donors (Lipinski definition) is 1. The van der Waals surface area contributed by atoms with Gasteiger partial charge in [-0.1, -0.05) is 12.8 Å². The van der Waals surface area contributed by atoms with Gasteiger partial charge in [-0.3, -0.25) is 4.79 Å². The van der Waals surface area contributed by atoms with Crippen LogP contribution in [0.2, 0.25) is 0 Å². The lowest BCUT2D eigenvalue weighted by atomic mass is 9.99. The Kier molecular flexibility index (Phi) is 5.64. The van der Waals surface area contributed by atoms with Crippen LogP contribution in [-0.2, 0) is 4.79 Å². The van der Waals surface area contributed by atoms with Gasteiger partial charge in [0.2, 0.25) is 5.91 Å². The summed E-state index contributed by atoms with van der Waals surface area (Å²) in [5, 5.41) is 3.34. The van der Waals surface area contributed by atoms with E-state index in [9.17, 15) is 4.79 Å². The Morgan fingerprint density at radius 1 is 1.26 bits per heavy atom. The molecule has 0 spiro atoms. The molecule has 0 aromatic carbocycles. The van der Waals surface area contributed by atoms with Crippen LogP contribution in [0.5, 0.6) is 0 Å². The van der Waals surface area contributed by atoms with Crippen LogP contribution in [0.4, 0.5) is 0 Å². The molecule has 4 heteroatoms. The van der Waals surface area contributed by atoms with Crippen molar-refractivity contribution in [1.29, 1.82) is 0 Å². The van der Waals surface area contributed by atoms with Gasteiger partial charge in [-0.15, -0.1) is 0 Å². The zero-order chi connectivity index (χ0) is 13.7. The SMILES string of the molecule is CN(CCC1CCCCN1C)C(=O)C1CCCCN1. The number of amides is 1. The summed E-state index contributed by atoms with van der Waals surface area (Å²) in [4.78, 5) is 16.7. The normalized spacial score (nSPS) is 29.2. The van der Waals surface area contributed by atoms with Crippen LogP contribution in [-0.4, -0.2) is 61.5 Å². The van der Waals surface area contributed by atoms with Gasteiger partial charge in [0.25, 0.3) is 0 Å². The lowest BCUT2D eigenvalue weighted by Gasteiger charge is -2.34. The molecule has 2 aliphatic heterocycles. The Morgan fingerprint density at radius 2 is 2.05 bits per heavy atom. The van der Waals surface area contributed by atoms with Crippen molar-refractivity contribution in [2.24, 2.45) is 0 Å². The molecular weight excluding hydrogens is 238 g/mol. The molecular formula is C15H29N3O. The van der Waals surface area contributed by atoms with Crippen LogP contribution < -0.4 is 5.32 Å². The largest absolute Gasteiger partial charge is 0.344 e. The molecule has 110 valence electrons. The molecule has 0 radical (unpaired) electrons. The third kappa shape index (κ3) is 4.18. The zero-order valence-corrected chi connectivity index (χ0v) is 12.5. The lowest BCUT2D eigenvalue weighted by Crippen LogP contribution is -2.48. The Balaban J connectivity index is 1.73. The van der Waals surface area contributed by atoms with Gasteiger partial charge in [-0.05, 0) is 52.2 Å². The van der Waals surface area contributed by atoms with Gasteiger partial charge < -0.3 is 15.1 Å².